The molecule has 2 rings (SSSR count). The van der Waals surface area contributed by atoms with Crippen LogP contribution >= 0.6 is 27.3 Å². The van der Waals surface area contributed by atoms with Gasteiger partial charge in [-0.25, -0.2) is 4.39 Å². The highest BCUT2D eigenvalue weighted by Crippen LogP contribution is 2.35. The van der Waals surface area contributed by atoms with Gasteiger partial charge in [0, 0.05) is 10.4 Å². The second-order valence-corrected chi connectivity index (χ2v) is 6.24. The Bertz CT molecular complexity index is 544. The standard InChI is InChI=1S/C13H13BrFNOS/c1-16-13(11-5-6-12(14)18-11)9-7-8(15)3-4-10(9)17-2/h3-7,13,16H,1-2H3. The summed E-state index contributed by atoms with van der Waals surface area (Å²) in [6.45, 7) is 0. The normalized spacial score (nSPS) is 12.4. The molecule has 2 nitrogen and oxygen atoms in total. The third-order valence-electron chi connectivity index (χ3n) is 2.67. The van der Waals surface area contributed by atoms with Crippen LogP contribution in [0.15, 0.2) is 34.1 Å². The molecular formula is C13H13BrFNOS. The molecular weight excluding hydrogens is 317 g/mol. The van der Waals surface area contributed by atoms with E-state index in [1.807, 2.05) is 19.2 Å². The lowest BCUT2D eigenvalue weighted by atomic mass is 10.0. The van der Waals surface area contributed by atoms with Crippen LogP contribution in [-0.2, 0) is 0 Å². The maximum absolute atomic E-state index is 13.4. The zero-order chi connectivity index (χ0) is 13.1. The SMILES string of the molecule is CNC(c1ccc(Br)s1)c1cc(F)ccc1OC. The van der Waals surface area contributed by atoms with Gasteiger partial charge in [-0.15, -0.1) is 11.3 Å². The molecule has 18 heavy (non-hydrogen) atoms. The van der Waals surface area contributed by atoms with E-state index in [0.717, 1.165) is 14.2 Å². The highest BCUT2D eigenvalue weighted by atomic mass is 79.9. The second-order valence-electron chi connectivity index (χ2n) is 3.75. The molecule has 1 heterocycles. The highest BCUT2D eigenvalue weighted by molar-refractivity contribution is 9.11. The predicted molar refractivity (Wildman–Crippen MR) is 75.9 cm³/mol. The zero-order valence-electron chi connectivity index (χ0n) is 10.0. The number of hydrogen-bond acceptors (Lipinski definition) is 3. The molecule has 96 valence electrons. The van der Waals surface area contributed by atoms with Crippen LogP contribution in [0.5, 0.6) is 5.75 Å². The monoisotopic (exact) mass is 329 g/mol. The van der Waals surface area contributed by atoms with Gasteiger partial charge in [-0.1, -0.05) is 0 Å². The van der Waals surface area contributed by atoms with Gasteiger partial charge in [0.1, 0.15) is 11.6 Å². The number of halogens is 2. The van der Waals surface area contributed by atoms with E-state index in [4.69, 9.17) is 4.74 Å². The predicted octanol–water partition coefficient (Wildman–Crippen LogP) is 3.97. The maximum atomic E-state index is 13.4. The van der Waals surface area contributed by atoms with Crippen molar-refractivity contribution in [3.8, 4) is 5.75 Å². The van der Waals surface area contributed by atoms with E-state index >= 15 is 0 Å². The molecule has 0 amide bonds. The molecule has 0 aliphatic rings. The summed E-state index contributed by atoms with van der Waals surface area (Å²) < 4.78 is 19.8. The van der Waals surface area contributed by atoms with E-state index in [1.54, 1.807) is 24.5 Å². The largest absolute Gasteiger partial charge is 0.496 e. The lowest BCUT2D eigenvalue weighted by Gasteiger charge is -2.18. The lowest BCUT2D eigenvalue weighted by Crippen LogP contribution is -2.17. The van der Waals surface area contributed by atoms with Crippen molar-refractivity contribution in [2.24, 2.45) is 0 Å². The quantitative estimate of drug-likeness (QED) is 0.916. The fourth-order valence-corrected chi connectivity index (χ4v) is 3.42. The van der Waals surface area contributed by atoms with Crippen molar-refractivity contribution in [2.45, 2.75) is 6.04 Å². The van der Waals surface area contributed by atoms with Gasteiger partial charge in [0.05, 0.1) is 16.9 Å². The summed E-state index contributed by atoms with van der Waals surface area (Å²) in [6.07, 6.45) is 0. The Morgan fingerprint density at radius 3 is 2.67 bits per heavy atom. The summed E-state index contributed by atoms with van der Waals surface area (Å²) in [4.78, 5) is 1.10. The number of ether oxygens (including phenoxy) is 1. The smallest absolute Gasteiger partial charge is 0.124 e. The van der Waals surface area contributed by atoms with E-state index in [0.29, 0.717) is 5.75 Å². The third-order valence-corrected chi connectivity index (χ3v) is 4.36. The Balaban J connectivity index is 2.47. The van der Waals surface area contributed by atoms with Gasteiger partial charge in [0.15, 0.2) is 0 Å². The molecule has 0 fully saturated rings. The molecule has 2 aromatic rings. The van der Waals surface area contributed by atoms with Crippen LogP contribution in [0.25, 0.3) is 0 Å². The molecule has 0 saturated heterocycles. The average Bonchev–Trinajstić information content (AvgIpc) is 2.77. The number of thiophene rings is 1. The van der Waals surface area contributed by atoms with E-state index < -0.39 is 0 Å². The number of methoxy groups -OCH3 is 1. The maximum Gasteiger partial charge on any atom is 0.124 e. The van der Waals surface area contributed by atoms with Crippen LogP contribution in [-0.4, -0.2) is 14.2 Å². The van der Waals surface area contributed by atoms with E-state index in [9.17, 15) is 4.39 Å². The molecule has 1 aromatic heterocycles. The molecule has 5 heteroatoms. The Morgan fingerprint density at radius 2 is 2.11 bits per heavy atom. The summed E-state index contributed by atoms with van der Waals surface area (Å²) in [5.74, 6) is 0.418. The topological polar surface area (TPSA) is 21.3 Å². The molecule has 1 unspecified atom stereocenters. The van der Waals surface area contributed by atoms with E-state index in [1.165, 1.54) is 12.1 Å². The fraction of sp³-hybridized carbons (Fsp3) is 0.231. The van der Waals surface area contributed by atoms with Gasteiger partial charge >= 0.3 is 0 Å². The minimum absolute atomic E-state index is 0.0769. The van der Waals surface area contributed by atoms with Crippen molar-refractivity contribution >= 4 is 27.3 Å². The van der Waals surface area contributed by atoms with Crippen LogP contribution in [0.3, 0.4) is 0 Å². The first kappa shape index (κ1) is 13.5. The van der Waals surface area contributed by atoms with Crippen molar-refractivity contribution in [2.75, 3.05) is 14.2 Å². The van der Waals surface area contributed by atoms with Crippen LogP contribution in [0, 0.1) is 5.82 Å². The Morgan fingerprint density at radius 1 is 1.33 bits per heavy atom. The first-order valence-corrected chi connectivity index (χ1v) is 7.02. The van der Waals surface area contributed by atoms with Gasteiger partial charge in [-0.05, 0) is 53.3 Å². The molecule has 0 spiro atoms. The van der Waals surface area contributed by atoms with Gasteiger partial charge in [0.25, 0.3) is 0 Å². The summed E-state index contributed by atoms with van der Waals surface area (Å²) in [7, 11) is 3.44. The summed E-state index contributed by atoms with van der Waals surface area (Å²) in [5, 5.41) is 3.19. The van der Waals surface area contributed by atoms with Crippen molar-refractivity contribution in [3.63, 3.8) is 0 Å². The van der Waals surface area contributed by atoms with Crippen molar-refractivity contribution in [3.05, 3.63) is 50.4 Å². The second kappa shape index (κ2) is 5.82. The third kappa shape index (κ3) is 2.74. The number of benzene rings is 1. The van der Waals surface area contributed by atoms with Crippen molar-refractivity contribution in [1.29, 1.82) is 0 Å². The molecule has 0 radical (unpaired) electrons. The van der Waals surface area contributed by atoms with Gasteiger partial charge in [-0.3, -0.25) is 0 Å². The van der Waals surface area contributed by atoms with E-state index in [-0.39, 0.29) is 11.9 Å². The first-order valence-electron chi connectivity index (χ1n) is 5.41. The minimum atomic E-state index is -0.262. The summed E-state index contributed by atoms with van der Waals surface area (Å²) in [6, 6.07) is 8.48. The molecule has 0 aliphatic carbocycles. The molecule has 1 atom stereocenters. The van der Waals surface area contributed by atoms with Crippen LogP contribution in [0.2, 0.25) is 0 Å². The first-order chi connectivity index (χ1) is 8.65. The molecule has 0 saturated carbocycles. The number of rotatable bonds is 4. The van der Waals surface area contributed by atoms with Gasteiger partial charge in [-0.2, -0.15) is 0 Å². The van der Waals surface area contributed by atoms with Crippen molar-refractivity contribution < 1.29 is 9.13 Å². The molecule has 1 aromatic carbocycles. The number of nitrogens with one attached hydrogen (secondary N) is 1. The Hall–Kier alpha value is -0.910. The average molecular weight is 330 g/mol. The summed E-state index contributed by atoms with van der Waals surface area (Å²) >= 11 is 5.05. The van der Waals surface area contributed by atoms with Crippen LogP contribution in [0.1, 0.15) is 16.5 Å². The number of hydrogen-bond donors (Lipinski definition) is 1. The van der Waals surface area contributed by atoms with Crippen LogP contribution in [0.4, 0.5) is 4.39 Å². The zero-order valence-corrected chi connectivity index (χ0v) is 12.4. The highest BCUT2D eigenvalue weighted by Gasteiger charge is 2.18. The van der Waals surface area contributed by atoms with Gasteiger partial charge in [0.2, 0.25) is 0 Å². The Kier molecular flexibility index (Phi) is 4.37. The molecule has 0 bridgehead atoms. The van der Waals surface area contributed by atoms with Crippen LogP contribution < -0.4 is 10.1 Å². The molecule has 0 aliphatic heterocycles. The molecule has 1 N–H and O–H groups in total. The Labute approximate surface area is 118 Å². The minimum Gasteiger partial charge on any atom is -0.496 e. The van der Waals surface area contributed by atoms with Crippen molar-refractivity contribution in [1.82, 2.24) is 5.32 Å². The fourth-order valence-electron chi connectivity index (χ4n) is 1.87. The lowest BCUT2D eigenvalue weighted by molar-refractivity contribution is 0.404. The van der Waals surface area contributed by atoms with E-state index in [2.05, 4.69) is 21.2 Å². The van der Waals surface area contributed by atoms with Gasteiger partial charge < -0.3 is 10.1 Å². The summed E-state index contributed by atoms with van der Waals surface area (Å²) in [5.41, 5.74) is 0.800.